The van der Waals surface area contributed by atoms with E-state index in [1.807, 2.05) is 42.5 Å². The van der Waals surface area contributed by atoms with Gasteiger partial charge in [0.1, 0.15) is 23.7 Å². The van der Waals surface area contributed by atoms with E-state index in [1.54, 1.807) is 12.1 Å². The lowest BCUT2D eigenvalue weighted by molar-refractivity contribution is 0.272. The molecule has 0 radical (unpaired) electrons. The van der Waals surface area contributed by atoms with Crippen LogP contribution in [-0.2, 0) is 6.61 Å². The first-order valence-corrected chi connectivity index (χ1v) is 6.02. The fourth-order valence-electron chi connectivity index (χ4n) is 1.90. The Morgan fingerprint density at radius 3 is 2.53 bits per heavy atom. The molecule has 1 aromatic heterocycles. The molecular formula is C16H12O3. The van der Waals surface area contributed by atoms with Crippen molar-refractivity contribution >= 4 is 11.0 Å². The average Bonchev–Trinajstić information content (AvgIpc) is 2.46. The van der Waals surface area contributed by atoms with Crippen LogP contribution in [-0.4, -0.2) is 0 Å². The Morgan fingerprint density at radius 1 is 0.947 bits per heavy atom. The maximum Gasteiger partial charge on any atom is 0.193 e. The van der Waals surface area contributed by atoms with Crippen LogP contribution in [0.2, 0.25) is 0 Å². The summed E-state index contributed by atoms with van der Waals surface area (Å²) in [7, 11) is 0. The van der Waals surface area contributed by atoms with Gasteiger partial charge in [-0.3, -0.25) is 4.79 Å². The van der Waals surface area contributed by atoms with Gasteiger partial charge in [-0.2, -0.15) is 0 Å². The van der Waals surface area contributed by atoms with Crippen molar-refractivity contribution in [1.82, 2.24) is 0 Å². The molecule has 1 heterocycles. The quantitative estimate of drug-likeness (QED) is 0.717. The molecule has 0 aliphatic carbocycles. The molecule has 3 rings (SSSR count). The van der Waals surface area contributed by atoms with Crippen LogP contribution in [0.15, 0.2) is 69.9 Å². The molecule has 3 heteroatoms. The molecule has 0 amide bonds. The highest BCUT2D eigenvalue weighted by Gasteiger charge is 2.04. The second-order valence-corrected chi connectivity index (χ2v) is 4.17. The summed E-state index contributed by atoms with van der Waals surface area (Å²) < 4.78 is 11.2. The summed E-state index contributed by atoms with van der Waals surface area (Å²) >= 11 is 0. The van der Waals surface area contributed by atoms with Gasteiger partial charge in [0.15, 0.2) is 5.43 Å². The largest absolute Gasteiger partial charge is 0.486 e. The molecule has 0 saturated heterocycles. The molecule has 0 saturated carbocycles. The molecule has 0 spiro atoms. The average molecular weight is 252 g/mol. The Kier molecular flexibility index (Phi) is 3.02. The summed E-state index contributed by atoms with van der Waals surface area (Å²) in [6.45, 7) is 0.240. The van der Waals surface area contributed by atoms with Crippen LogP contribution in [0.25, 0.3) is 11.0 Å². The first-order chi connectivity index (χ1) is 9.33. The van der Waals surface area contributed by atoms with Crippen LogP contribution in [0.3, 0.4) is 0 Å². The zero-order chi connectivity index (χ0) is 13.1. The van der Waals surface area contributed by atoms with Gasteiger partial charge in [-0.25, -0.2) is 0 Å². The van der Waals surface area contributed by atoms with Gasteiger partial charge in [-0.05, 0) is 24.3 Å². The molecule has 0 atom stereocenters. The van der Waals surface area contributed by atoms with E-state index in [9.17, 15) is 4.79 Å². The fourth-order valence-corrected chi connectivity index (χ4v) is 1.90. The highest BCUT2D eigenvalue weighted by atomic mass is 16.5. The molecule has 19 heavy (non-hydrogen) atoms. The summed E-state index contributed by atoms with van der Waals surface area (Å²) in [6, 6.07) is 18.1. The van der Waals surface area contributed by atoms with Gasteiger partial charge in [0.2, 0.25) is 0 Å². The first-order valence-electron chi connectivity index (χ1n) is 6.02. The SMILES string of the molecule is O=c1cc(COc2ccccc2)oc2ccccc12. The van der Waals surface area contributed by atoms with E-state index in [2.05, 4.69) is 0 Å². The Hall–Kier alpha value is -2.55. The summed E-state index contributed by atoms with van der Waals surface area (Å²) in [5.41, 5.74) is 0.537. The molecule has 0 aliphatic heterocycles. The van der Waals surface area contributed by atoms with Crippen molar-refractivity contribution in [2.24, 2.45) is 0 Å². The van der Waals surface area contributed by atoms with Gasteiger partial charge >= 0.3 is 0 Å². The Balaban J connectivity index is 1.88. The van der Waals surface area contributed by atoms with Crippen LogP contribution in [0.5, 0.6) is 5.75 Å². The van der Waals surface area contributed by atoms with Crippen LogP contribution in [0, 0.1) is 0 Å². The van der Waals surface area contributed by atoms with Crippen LogP contribution < -0.4 is 10.2 Å². The molecule has 0 unspecified atom stereocenters. The minimum absolute atomic E-state index is 0.0477. The Morgan fingerprint density at radius 2 is 1.68 bits per heavy atom. The molecule has 3 aromatic rings. The summed E-state index contributed by atoms with van der Waals surface area (Å²) in [5, 5.41) is 0.589. The van der Waals surface area contributed by atoms with Crippen LogP contribution in [0.1, 0.15) is 5.76 Å². The number of ether oxygens (including phenoxy) is 1. The third kappa shape index (κ3) is 2.50. The molecule has 0 bridgehead atoms. The van der Waals surface area contributed by atoms with Crippen LogP contribution in [0.4, 0.5) is 0 Å². The number of rotatable bonds is 3. The highest BCUT2D eigenvalue weighted by Crippen LogP contribution is 2.14. The second kappa shape index (κ2) is 4.98. The second-order valence-electron chi connectivity index (χ2n) is 4.17. The molecule has 2 aromatic carbocycles. The summed E-state index contributed by atoms with van der Waals surface area (Å²) in [5.74, 6) is 1.27. The minimum Gasteiger partial charge on any atom is -0.486 e. The van der Waals surface area contributed by atoms with E-state index in [1.165, 1.54) is 6.07 Å². The summed E-state index contributed by atoms with van der Waals surface area (Å²) in [4.78, 5) is 11.9. The van der Waals surface area contributed by atoms with Crippen molar-refractivity contribution in [3.8, 4) is 5.75 Å². The normalized spacial score (nSPS) is 10.5. The van der Waals surface area contributed by atoms with Gasteiger partial charge in [0, 0.05) is 6.07 Å². The van der Waals surface area contributed by atoms with E-state index in [0.29, 0.717) is 16.7 Å². The van der Waals surface area contributed by atoms with E-state index >= 15 is 0 Å². The van der Waals surface area contributed by atoms with Crippen LogP contribution >= 0.6 is 0 Å². The Bertz CT molecular complexity index is 745. The molecule has 0 aliphatic rings. The van der Waals surface area contributed by atoms with Gasteiger partial charge < -0.3 is 9.15 Å². The smallest absolute Gasteiger partial charge is 0.193 e. The lowest BCUT2D eigenvalue weighted by Crippen LogP contribution is -2.04. The minimum atomic E-state index is -0.0477. The fraction of sp³-hybridized carbons (Fsp3) is 0.0625. The topological polar surface area (TPSA) is 39.4 Å². The van der Waals surface area contributed by atoms with Crippen molar-refractivity contribution in [3.05, 3.63) is 76.6 Å². The number of hydrogen-bond donors (Lipinski definition) is 0. The summed E-state index contributed by atoms with van der Waals surface area (Å²) in [6.07, 6.45) is 0. The van der Waals surface area contributed by atoms with Gasteiger partial charge in [0.05, 0.1) is 5.39 Å². The number of benzene rings is 2. The number of hydrogen-bond acceptors (Lipinski definition) is 3. The lowest BCUT2D eigenvalue weighted by Gasteiger charge is -2.05. The molecule has 0 N–H and O–H groups in total. The predicted octanol–water partition coefficient (Wildman–Crippen LogP) is 3.37. The van der Waals surface area contributed by atoms with Crippen molar-refractivity contribution in [2.75, 3.05) is 0 Å². The van der Waals surface area contributed by atoms with Gasteiger partial charge in [0.25, 0.3) is 0 Å². The monoisotopic (exact) mass is 252 g/mol. The van der Waals surface area contributed by atoms with Crippen molar-refractivity contribution in [3.63, 3.8) is 0 Å². The molecular weight excluding hydrogens is 240 g/mol. The highest BCUT2D eigenvalue weighted by molar-refractivity contribution is 5.76. The maximum atomic E-state index is 11.9. The van der Waals surface area contributed by atoms with Crippen molar-refractivity contribution < 1.29 is 9.15 Å². The third-order valence-corrected chi connectivity index (χ3v) is 2.81. The van der Waals surface area contributed by atoms with Crippen molar-refractivity contribution in [2.45, 2.75) is 6.61 Å². The maximum absolute atomic E-state index is 11.9. The zero-order valence-electron chi connectivity index (χ0n) is 10.2. The van der Waals surface area contributed by atoms with E-state index in [-0.39, 0.29) is 12.0 Å². The van der Waals surface area contributed by atoms with Gasteiger partial charge in [-0.1, -0.05) is 30.3 Å². The zero-order valence-corrected chi connectivity index (χ0v) is 10.2. The molecule has 0 fully saturated rings. The van der Waals surface area contributed by atoms with Gasteiger partial charge in [-0.15, -0.1) is 0 Å². The molecule has 94 valence electrons. The third-order valence-electron chi connectivity index (χ3n) is 2.81. The number of para-hydroxylation sites is 2. The van der Waals surface area contributed by atoms with E-state index < -0.39 is 0 Å². The lowest BCUT2D eigenvalue weighted by atomic mass is 10.2. The predicted molar refractivity (Wildman–Crippen MR) is 73.3 cm³/mol. The first kappa shape index (κ1) is 11.5. The number of fused-ring (bicyclic) bond motifs is 1. The standard InChI is InChI=1S/C16H12O3/c17-15-10-13(11-18-12-6-2-1-3-7-12)19-16-9-5-4-8-14(15)16/h1-10H,11H2. The van der Waals surface area contributed by atoms with Crippen molar-refractivity contribution in [1.29, 1.82) is 0 Å². The van der Waals surface area contributed by atoms with E-state index in [4.69, 9.17) is 9.15 Å². The molecule has 3 nitrogen and oxygen atoms in total. The Labute approximate surface area is 110 Å². The van der Waals surface area contributed by atoms with E-state index in [0.717, 1.165) is 5.75 Å².